The van der Waals surface area contributed by atoms with Gasteiger partial charge in [-0.15, -0.1) is 0 Å². The lowest BCUT2D eigenvalue weighted by Gasteiger charge is -2.08. The van der Waals surface area contributed by atoms with Gasteiger partial charge in [0.2, 0.25) is 0 Å². The van der Waals surface area contributed by atoms with Crippen molar-refractivity contribution in [3.8, 4) is 6.07 Å². The van der Waals surface area contributed by atoms with Crippen molar-refractivity contribution >= 4 is 5.69 Å². The Balaban J connectivity index is 2.48. The fraction of sp³-hybridized carbons (Fsp3) is 0.417. The molecule has 1 aromatic carbocycles. The predicted octanol–water partition coefficient (Wildman–Crippen LogP) is 2.54. The zero-order chi connectivity index (χ0) is 11.8. The average Bonchev–Trinajstić information content (AvgIpc) is 2.29. The van der Waals surface area contributed by atoms with Crippen LogP contribution in [-0.4, -0.2) is 20.3 Å². The van der Waals surface area contributed by atoms with Crippen molar-refractivity contribution in [1.82, 2.24) is 0 Å². The average molecular weight is 222 g/mol. The second kappa shape index (κ2) is 6.81. The second-order valence-electron chi connectivity index (χ2n) is 3.40. The molecule has 0 atom stereocenters. The van der Waals surface area contributed by atoms with Gasteiger partial charge in [0.1, 0.15) is 17.4 Å². The van der Waals surface area contributed by atoms with Gasteiger partial charge >= 0.3 is 0 Å². The Hall–Kier alpha value is -1.60. The van der Waals surface area contributed by atoms with Gasteiger partial charge in [0.05, 0.1) is 5.69 Å². The lowest BCUT2D eigenvalue weighted by atomic mass is 10.2. The summed E-state index contributed by atoms with van der Waals surface area (Å²) < 4.78 is 18.1. The molecule has 0 saturated carbocycles. The van der Waals surface area contributed by atoms with Crippen LogP contribution in [0.4, 0.5) is 10.1 Å². The first kappa shape index (κ1) is 12.5. The molecule has 3 nitrogen and oxygen atoms in total. The minimum atomic E-state index is -0.482. The molecule has 0 aliphatic rings. The molecule has 0 unspecified atom stereocenters. The summed E-state index contributed by atoms with van der Waals surface area (Å²) in [5, 5.41) is 11.8. The summed E-state index contributed by atoms with van der Waals surface area (Å²) in [6.45, 7) is 1.43. The van der Waals surface area contributed by atoms with Gasteiger partial charge in [0.15, 0.2) is 0 Å². The van der Waals surface area contributed by atoms with Gasteiger partial charge in [0.25, 0.3) is 0 Å². The van der Waals surface area contributed by atoms with Crippen LogP contribution in [0.2, 0.25) is 0 Å². The summed E-state index contributed by atoms with van der Waals surface area (Å²) >= 11 is 0. The summed E-state index contributed by atoms with van der Waals surface area (Å²) in [7, 11) is 1.66. The van der Waals surface area contributed by atoms with Crippen LogP contribution in [0.1, 0.15) is 18.4 Å². The van der Waals surface area contributed by atoms with Crippen LogP contribution in [0.15, 0.2) is 18.2 Å². The smallest absolute Gasteiger partial charge is 0.143 e. The fourth-order valence-electron chi connectivity index (χ4n) is 1.38. The van der Waals surface area contributed by atoms with Gasteiger partial charge in [-0.2, -0.15) is 5.26 Å². The molecule has 0 amide bonds. The maximum absolute atomic E-state index is 13.2. The highest BCUT2D eigenvalue weighted by Crippen LogP contribution is 2.17. The number of benzene rings is 1. The van der Waals surface area contributed by atoms with Crippen LogP contribution >= 0.6 is 0 Å². The van der Waals surface area contributed by atoms with Crippen molar-refractivity contribution < 1.29 is 9.13 Å². The normalized spacial score (nSPS) is 9.81. The van der Waals surface area contributed by atoms with Gasteiger partial charge in [-0.05, 0) is 25.0 Å². The molecule has 0 radical (unpaired) electrons. The summed E-state index contributed by atoms with van der Waals surface area (Å²) in [6.07, 6.45) is 1.87. The summed E-state index contributed by atoms with van der Waals surface area (Å²) in [5.74, 6) is -0.482. The van der Waals surface area contributed by atoms with Crippen molar-refractivity contribution in [1.29, 1.82) is 5.26 Å². The highest BCUT2D eigenvalue weighted by molar-refractivity contribution is 5.57. The molecule has 1 N–H and O–H groups in total. The number of unbranched alkanes of at least 4 members (excludes halogenated alkanes) is 1. The van der Waals surface area contributed by atoms with Crippen LogP contribution in [0, 0.1) is 17.1 Å². The second-order valence-corrected chi connectivity index (χ2v) is 3.40. The Kier molecular flexibility index (Phi) is 5.30. The van der Waals surface area contributed by atoms with E-state index in [0.29, 0.717) is 12.2 Å². The maximum atomic E-state index is 13.2. The van der Waals surface area contributed by atoms with Crippen molar-refractivity contribution in [2.45, 2.75) is 12.8 Å². The topological polar surface area (TPSA) is 45.0 Å². The van der Waals surface area contributed by atoms with E-state index < -0.39 is 5.82 Å². The summed E-state index contributed by atoms with van der Waals surface area (Å²) in [4.78, 5) is 0. The predicted molar refractivity (Wildman–Crippen MR) is 60.7 cm³/mol. The monoisotopic (exact) mass is 222 g/mol. The molecule has 0 bridgehead atoms. The first-order chi connectivity index (χ1) is 7.79. The Morgan fingerprint density at radius 2 is 2.25 bits per heavy atom. The largest absolute Gasteiger partial charge is 0.385 e. The molecule has 1 aromatic rings. The van der Waals surface area contributed by atoms with E-state index in [-0.39, 0.29) is 5.56 Å². The minimum Gasteiger partial charge on any atom is -0.385 e. The molecule has 4 heteroatoms. The third kappa shape index (κ3) is 3.52. The molecular weight excluding hydrogens is 207 g/mol. The number of hydrogen-bond donors (Lipinski definition) is 1. The SMILES string of the molecule is COCCCCNc1cccc(F)c1C#N. The van der Waals surface area contributed by atoms with Crippen LogP contribution < -0.4 is 5.32 Å². The maximum Gasteiger partial charge on any atom is 0.143 e. The number of hydrogen-bond acceptors (Lipinski definition) is 3. The van der Waals surface area contributed by atoms with E-state index in [9.17, 15) is 4.39 Å². The number of methoxy groups -OCH3 is 1. The number of ether oxygens (including phenoxy) is 1. The third-order valence-corrected chi connectivity index (χ3v) is 2.22. The Morgan fingerprint density at radius 3 is 2.94 bits per heavy atom. The number of nitrogens with one attached hydrogen (secondary N) is 1. The standard InChI is InChI=1S/C12H15FN2O/c1-16-8-3-2-7-15-12-6-4-5-11(13)10(12)9-14/h4-6,15H,2-3,7-8H2,1H3. The number of nitriles is 1. The van der Waals surface area contributed by atoms with Crippen molar-refractivity contribution in [3.05, 3.63) is 29.6 Å². The van der Waals surface area contributed by atoms with E-state index in [0.717, 1.165) is 19.4 Å². The summed E-state index contributed by atoms with van der Waals surface area (Å²) in [5.41, 5.74) is 0.633. The number of rotatable bonds is 6. The van der Waals surface area contributed by atoms with Gasteiger partial charge in [0, 0.05) is 20.3 Å². The van der Waals surface area contributed by atoms with E-state index in [1.807, 2.05) is 6.07 Å². The zero-order valence-electron chi connectivity index (χ0n) is 9.29. The quantitative estimate of drug-likeness (QED) is 0.752. The molecule has 86 valence electrons. The number of nitrogens with zero attached hydrogens (tertiary/aromatic N) is 1. The van der Waals surface area contributed by atoms with Crippen LogP contribution in [0.3, 0.4) is 0 Å². The van der Waals surface area contributed by atoms with Gasteiger partial charge in [-0.25, -0.2) is 4.39 Å². The van der Waals surface area contributed by atoms with Gasteiger partial charge < -0.3 is 10.1 Å². The lowest BCUT2D eigenvalue weighted by Crippen LogP contribution is -2.05. The Labute approximate surface area is 94.8 Å². The third-order valence-electron chi connectivity index (χ3n) is 2.22. The molecule has 0 aliphatic heterocycles. The molecule has 0 spiro atoms. The first-order valence-corrected chi connectivity index (χ1v) is 5.21. The van der Waals surface area contributed by atoms with E-state index in [2.05, 4.69) is 5.32 Å². The van der Waals surface area contributed by atoms with Crippen molar-refractivity contribution in [2.24, 2.45) is 0 Å². The van der Waals surface area contributed by atoms with Gasteiger partial charge in [-0.3, -0.25) is 0 Å². The van der Waals surface area contributed by atoms with Gasteiger partial charge in [-0.1, -0.05) is 6.07 Å². The van der Waals surface area contributed by atoms with E-state index >= 15 is 0 Å². The fourth-order valence-corrected chi connectivity index (χ4v) is 1.38. The molecule has 16 heavy (non-hydrogen) atoms. The van der Waals surface area contributed by atoms with E-state index in [4.69, 9.17) is 10.00 Å². The van der Waals surface area contributed by atoms with E-state index in [1.54, 1.807) is 19.2 Å². The Morgan fingerprint density at radius 1 is 1.44 bits per heavy atom. The zero-order valence-corrected chi connectivity index (χ0v) is 9.29. The molecule has 0 heterocycles. The lowest BCUT2D eigenvalue weighted by molar-refractivity contribution is 0.194. The summed E-state index contributed by atoms with van der Waals surface area (Å²) in [6, 6.07) is 6.44. The molecule has 0 fully saturated rings. The Bertz CT molecular complexity index is 374. The number of halogens is 1. The highest BCUT2D eigenvalue weighted by atomic mass is 19.1. The first-order valence-electron chi connectivity index (χ1n) is 5.21. The minimum absolute atomic E-state index is 0.0780. The van der Waals surface area contributed by atoms with Crippen molar-refractivity contribution in [2.75, 3.05) is 25.6 Å². The van der Waals surface area contributed by atoms with Crippen LogP contribution in [0.5, 0.6) is 0 Å². The molecule has 0 aromatic heterocycles. The molecule has 1 rings (SSSR count). The van der Waals surface area contributed by atoms with E-state index in [1.165, 1.54) is 6.07 Å². The number of anilines is 1. The van der Waals surface area contributed by atoms with Crippen LogP contribution in [-0.2, 0) is 4.74 Å². The van der Waals surface area contributed by atoms with Crippen LogP contribution in [0.25, 0.3) is 0 Å². The highest BCUT2D eigenvalue weighted by Gasteiger charge is 2.06. The molecule has 0 aliphatic carbocycles. The van der Waals surface area contributed by atoms with Crippen molar-refractivity contribution in [3.63, 3.8) is 0 Å². The molecule has 0 saturated heterocycles. The molecular formula is C12H15FN2O.